The molecular weight excluding hydrogens is 194 g/mol. The largest absolute Gasteiger partial charge is 0.394 e. The zero-order chi connectivity index (χ0) is 11.3. The van der Waals surface area contributed by atoms with E-state index in [9.17, 15) is 9.90 Å². The van der Waals surface area contributed by atoms with Gasteiger partial charge in [-0.3, -0.25) is 4.79 Å². The number of nitrogens with zero attached hydrogens (tertiary/aromatic N) is 1. The first-order valence-electron chi connectivity index (χ1n) is 5.80. The molecule has 1 rings (SSSR count). The van der Waals surface area contributed by atoms with E-state index in [0.717, 1.165) is 25.7 Å². The standard InChI is InChI=1S/C11H21NO3/c1-2-3-6-10(14)11(15)12-7-4-5-9(12)8-13/h9-10,13-14H,2-8H2,1H3/t9-,10?/m0/s1. The topological polar surface area (TPSA) is 60.8 Å². The van der Waals surface area contributed by atoms with Gasteiger partial charge in [0, 0.05) is 6.54 Å². The number of rotatable bonds is 5. The molecule has 2 atom stereocenters. The van der Waals surface area contributed by atoms with Crippen molar-refractivity contribution in [3.05, 3.63) is 0 Å². The predicted octanol–water partition coefficient (Wildman–Crippen LogP) is 0.521. The molecule has 1 saturated heterocycles. The smallest absolute Gasteiger partial charge is 0.251 e. The quantitative estimate of drug-likeness (QED) is 0.703. The maximum atomic E-state index is 11.8. The van der Waals surface area contributed by atoms with E-state index in [4.69, 9.17) is 5.11 Å². The van der Waals surface area contributed by atoms with Crippen molar-refractivity contribution in [1.82, 2.24) is 4.90 Å². The lowest BCUT2D eigenvalue weighted by molar-refractivity contribution is -0.142. The number of aliphatic hydroxyl groups excluding tert-OH is 2. The third-order valence-corrected chi connectivity index (χ3v) is 2.99. The van der Waals surface area contributed by atoms with E-state index in [0.29, 0.717) is 13.0 Å². The van der Waals surface area contributed by atoms with Crippen LogP contribution in [0.1, 0.15) is 39.0 Å². The van der Waals surface area contributed by atoms with Crippen LogP contribution >= 0.6 is 0 Å². The van der Waals surface area contributed by atoms with Crippen molar-refractivity contribution in [2.24, 2.45) is 0 Å². The van der Waals surface area contributed by atoms with E-state index in [1.807, 2.05) is 6.92 Å². The molecule has 0 aromatic carbocycles. The van der Waals surface area contributed by atoms with Crippen molar-refractivity contribution in [3.63, 3.8) is 0 Å². The Hall–Kier alpha value is -0.610. The molecule has 4 nitrogen and oxygen atoms in total. The van der Waals surface area contributed by atoms with Crippen LogP contribution < -0.4 is 0 Å². The van der Waals surface area contributed by atoms with Gasteiger partial charge in [0.15, 0.2) is 0 Å². The molecule has 15 heavy (non-hydrogen) atoms. The highest BCUT2D eigenvalue weighted by Gasteiger charge is 2.31. The number of carbonyl (C=O) groups is 1. The predicted molar refractivity (Wildman–Crippen MR) is 57.4 cm³/mol. The van der Waals surface area contributed by atoms with Gasteiger partial charge in [-0.25, -0.2) is 0 Å². The molecule has 0 aliphatic carbocycles. The van der Waals surface area contributed by atoms with E-state index in [2.05, 4.69) is 0 Å². The Morgan fingerprint density at radius 3 is 2.93 bits per heavy atom. The summed E-state index contributed by atoms with van der Waals surface area (Å²) in [5.41, 5.74) is 0. The number of hydrogen-bond acceptors (Lipinski definition) is 3. The molecule has 0 saturated carbocycles. The number of amides is 1. The van der Waals surface area contributed by atoms with Crippen LogP contribution in [0.15, 0.2) is 0 Å². The second kappa shape index (κ2) is 6.08. The van der Waals surface area contributed by atoms with Crippen LogP contribution in [0.2, 0.25) is 0 Å². The molecule has 88 valence electrons. The molecule has 1 fully saturated rings. The Bertz CT molecular complexity index is 208. The third-order valence-electron chi connectivity index (χ3n) is 2.99. The van der Waals surface area contributed by atoms with Crippen molar-refractivity contribution in [3.8, 4) is 0 Å². The van der Waals surface area contributed by atoms with Gasteiger partial charge in [-0.2, -0.15) is 0 Å². The summed E-state index contributed by atoms with van der Waals surface area (Å²) in [5, 5.41) is 18.7. The highest BCUT2D eigenvalue weighted by molar-refractivity contribution is 5.81. The molecular formula is C11H21NO3. The summed E-state index contributed by atoms with van der Waals surface area (Å²) in [5.74, 6) is -0.208. The highest BCUT2D eigenvalue weighted by atomic mass is 16.3. The number of hydrogen-bond donors (Lipinski definition) is 2. The third kappa shape index (κ3) is 3.18. The lowest BCUT2D eigenvalue weighted by Crippen LogP contribution is -2.43. The van der Waals surface area contributed by atoms with Gasteiger partial charge >= 0.3 is 0 Å². The van der Waals surface area contributed by atoms with Crippen molar-refractivity contribution < 1.29 is 15.0 Å². The first-order chi connectivity index (χ1) is 7.20. The zero-order valence-corrected chi connectivity index (χ0v) is 9.35. The maximum absolute atomic E-state index is 11.8. The minimum absolute atomic E-state index is 0.00619. The zero-order valence-electron chi connectivity index (χ0n) is 9.35. The summed E-state index contributed by atoms with van der Waals surface area (Å²) in [6, 6.07) is -0.0752. The highest BCUT2D eigenvalue weighted by Crippen LogP contribution is 2.18. The fourth-order valence-electron chi connectivity index (χ4n) is 2.03. The number of likely N-dealkylation sites (tertiary alicyclic amines) is 1. The fourth-order valence-corrected chi connectivity index (χ4v) is 2.03. The van der Waals surface area contributed by atoms with Crippen LogP contribution in [-0.2, 0) is 4.79 Å². The number of unbranched alkanes of at least 4 members (excludes halogenated alkanes) is 1. The molecule has 1 amide bonds. The first kappa shape index (κ1) is 12.5. The fraction of sp³-hybridized carbons (Fsp3) is 0.909. The van der Waals surface area contributed by atoms with Gasteiger partial charge in [-0.05, 0) is 19.3 Å². The summed E-state index contributed by atoms with van der Waals surface area (Å²) in [7, 11) is 0. The average molecular weight is 215 g/mol. The van der Waals surface area contributed by atoms with Crippen molar-refractivity contribution in [2.45, 2.75) is 51.2 Å². The van der Waals surface area contributed by atoms with Crippen molar-refractivity contribution in [2.75, 3.05) is 13.2 Å². The van der Waals surface area contributed by atoms with E-state index < -0.39 is 6.10 Å². The Balaban J connectivity index is 2.44. The molecule has 0 spiro atoms. The minimum atomic E-state index is -0.878. The summed E-state index contributed by atoms with van der Waals surface area (Å²) in [4.78, 5) is 13.4. The van der Waals surface area contributed by atoms with Crippen LogP contribution in [0, 0.1) is 0 Å². The summed E-state index contributed by atoms with van der Waals surface area (Å²) in [6.45, 7) is 2.71. The van der Waals surface area contributed by atoms with E-state index in [1.54, 1.807) is 4.90 Å². The molecule has 1 aliphatic heterocycles. The second-order valence-corrected chi connectivity index (χ2v) is 4.17. The molecule has 1 unspecified atom stereocenters. The van der Waals surface area contributed by atoms with Crippen LogP contribution in [0.4, 0.5) is 0 Å². The van der Waals surface area contributed by atoms with E-state index >= 15 is 0 Å². The molecule has 1 aliphatic rings. The van der Waals surface area contributed by atoms with E-state index in [1.165, 1.54) is 0 Å². The Kier molecular flexibility index (Phi) is 5.05. The lowest BCUT2D eigenvalue weighted by atomic mass is 10.1. The Morgan fingerprint density at radius 2 is 2.33 bits per heavy atom. The van der Waals surface area contributed by atoms with Crippen LogP contribution in [0.25, 0.3) is 0 Å². The first-order valence-corrected chi connectivity index (χ1v) is 5.80. The molecule has 0 aromatic heterocycles. The van der Waals surface area contributed by atoms with Crippen LogP contribution in [0.5, 0.6) is 0 Å². The van der Waals surface area contributed by atoms with Crippen molar-refractivity contribution >= 4 is 5.91 Å². The van der Waals surface area contributed by atoms with Gasteiger partial charge in [0.05, 0.1) is 12.6 Å². The van der Waals surface area contributed by atoms with Crippen molar-refractivity contribution in [1.29, 1.82) is 0 Å². The Labute approximate surface area is 90.9 Å². The average Bonchev–Trinajstić information content (AvgIpc) is 2.72. The van der Waals surface area contributed by atoms with Gasteiger partial charge in [0.25, 0.3) is 5.91 Å². The summed E-state index contributed by atoms with van der Waals surface area (Å²) < 4.78 is 0. The van der Waals surface area contributed by atoms with Gasteiger partial charge < -0.3 is 15.1 Å². The maximum Gasteiger partial charge on any atom is 0.251 e. The lowest BCUT2D eigenvalue weighted by Gasteiger charge is -2.25. The molecule has 4 heteroatoms. The normalized spacial score (nSPS) is 23.1. The SMILES string of the molecule is CCCCC(O)C(=O)N1CCC[C@H]1CO. The molecule has 0 radical (unpaired) electrons. The van der Waals surface area contributed by atoms with Crippen LogP contribution in [0.3, 0.4) is 0 Å². The molecule has 2 N–H and O–H groups in total. The minimum Gasteiger partial charge on any atom is -0.394 e. The number of aliphatic hydroxyl groups is 2. The molecule has 1 heterocycles. The molecule has 0 aromatic rings. The Morgan fingerprint density at radius 1 is 1.60 bits per heavy atom. The van der Waals surface area contributed by atoms with Crippen LogP contribution in [-0.4, -0.2) is 46.3 Å². The molecule has 0 bridgehead atoms. The number of carbonyl (C=O) groups excluding carboxylic acids is 1. The van der Waals surface area contributed by atoms with Gasteiger partial charge in [-0.1, -0.05) is 19.8 Å². The van der Waals surface area contributed by atoms with Gasteiger partial charge in [0.2, 0.25) is 0 Å². The summed E-state index contributed by atoms with van der Waals surface area (Å²) >= 11 is 0. The monoisotopic (exact) mass is 215 g/mol. The van der Waals surface area contributed by atoms with Gasteiger partial charge in [0.1, 0.15) is 6.10 Å². The van der Waals surface area contributed by atoms with E-state index in [-0.39, 0.29) is 18.6 Å². The summed E-state index contributed by atoms with van der Waals surface area (Å²) in [6.07, 6.45) is 3.28. The second-order valence-electron chi connectivity index (χ2n) is 4.17. The van der Waals surface area contributed by atoms with Gasteiger partial charge in [-0.15, -0.1) is 0 Å².